The second-order valence-electron chi connectivity index (χ2n) is 5.09. The van der Waals surface area contributed by atoms with E-state index in [0.29, 0.717) is 6.04 Å². The summed E-state index contributed by atoms with van der Waals surface area (Å²) in [6.45, 7) is 7.35. The first-order valence-electron chi connectivity index (χ1n) is 6.90. The van der Waals surface area contributed by atoms with E-state index in [1.54, 1.807) is 0 Å². The molecule has 3 nitrogen and oxygen atoms in total. The van der Waals surface area contributed by atoms with Crippen molar-refractivity contribution in [1.82, 2.24) is 15.1 Å². The molecule has 3 heteroatoms. The number of hydrogen-bond acceptors (Lipinski definition) is 2. The molecule has 0 radical (unpaired) electrons. The maximum atomic E-state index is 4.49. The van der Waals surface area contributed by atoms with Crippen molar-refractivity contribution in [3.63, 3.8) is 0 Å². The van der Waals surface area contributed by atoms with Gasteiger partial charge in [-0.2, -0.15) is 5.10 Å². The fourth-order valence-corrected chi connectivity index (χ4v) is 2.51. The van der Waals surface area contributed by atoms with Gasteiger partial charge in [0.25, 0.3) is 0 Å². The highest BCUT2D eigenvalue weighted by molar-refractivity contribution is 5.33. The molecule has 0 fully saturated rings. The number of nitrogens with one attached hydrogen (secondary N) is 1. The molecule has 0 saturated carbocycles. The fourth-order valence-electron chi connectivity index (χ4n) is 2.51. The molecule has 1 heterocycles. The third kappa shape index (κ3) is 3.04. The van der Waals surface area contributed by atoms with E-state index >= 15 is 0 Å². The molecule has 0 saturated heterocycles. The van der Waals surface area contributed by atoms with E-state index in [2.05, 4.69) is 55.6 Å². The standard InChI is InChI=1S/C16H23N3/c1-5-16(17-4)14-9-18-19(10-14)11-15-12(2)7-6-8-13(15)3/h6-10,16-17H,5,11H2,1-4H3. The first-order valence-corrected chi connectivity index (χ1v) is 6.90. The summed E-state index contributed by atoms with van der Waals surface area (Å²) in [4.78, 5) is 0. The molecule has 0 spiro atoms. The molecule has 1 N–H and O–H groups in total. The Morgan fingerprint density at radius 3 is 2.53 bits per heavy atom. The highest BCUT2D eigenvalue weighted by Gasteiger charge is 2.10. The van der Waals surface area contributed by atoms with E-state index in [0.717, 1.165) is 13.0 Å². The number of benzene rings is 1. The molecule has 0 amide bonds. The van der Waals surface area contributed by atoms with E-state index < -0.39 is 0 Å². The monoisotopic (exact) mass is 257 g/mol. The minimum atomic E-state index is 0.395. The van der Waals surface area contributed by atoms with Crippen LogP contribution in [0.2, 0.25) is 0 Å². The van der Waals surface area contributed by atoms with Crippen LogP contribution in [-0.2, 0) is 6.54 Å². The van der Waals surface area contributed by atoms with Gasteiger partial charge in [-0.15, -0.1) is 0 Å². The lowest BCUT2D eigenvalue weighted by atomic mass is 10.0. The minimum Gasteiger partial charge on any atom is -0.313 e. The van der Waals surface area contributed by atoms with E-state index in [9.17, 15) is 0 Å². The van der Waals surface area contributed by atoms with E-state index in [4.69, 9.17) is 0 Å². The van der Waals surface area contributed by atoms with Crippen LogP contribution in [0.3, 0.4) is 0 Å². The molecule has 1 aromatic carbocycles. The average Bonchev–Trinajstić information content (AvgIpc) is 2.84. The summed E-state index contributed by atoms with van der Waals surface area (Å²) in [5, 5.41) is 7.80. The topological polar surface area (TPSA) is 29.9 Å². The van der Waals surface area contributed by atoms with Crippen molar-refractivity contribution in [2.45, 2.75) is 39.8 Å². The van der Waals surface area contributed by atoms with Gasteiger partial charge >= 0.3 is 0 Å². The third-order valence-electron chi connectivity index (χ3n) is 3.78. The molecule has 0 aliphatic rings. The second kappa shape index (κ2) is 6.02. The predicted molar refractivity (Wildman–Crippen MR) is 79.3 cm³/mol. The van der Waals surface area contributed by atoms with Crippen molar-refractivity contribution in [3.8, 4) is 0 Å². The molecule has 1 unspecified atom stereocenters. The van der Waals surface area contributed by atoms with E-state index in [-0.39, 0.29) is 0 Å². The lowest BCUT2D eigenvalue weighted by Crippen LogP contribution is -2.14. The molecule has 0 aliphatic carbocycles. The maximum absolute atomic E-state index is 4.49. The third-order valence-corrected chi connectivity index (χ3v) is 3.78. The van der Waals surface area contributed by atoms with Gasteiger partial charge in [-0.05, 0) is 44.0 Å². The zero-order chi connectivity index (χ0) is 13.8. The van der Waals surface area contributed by atoms with Crippen molar-refractivity contribution in [2.24, 2.45) is 0 Å². The zero-order valence-electron chi connectivity index (χ0n) is 12.3. The number of aromatic nitrogens is 2. The number of rotatable bonds is 5. The summed E-state index contributed by atoms with van der Waals surface area (Å²) in [6.07, 6.45) is 5.19. The van der Waals surface area contributed by atoms with Crippen LogP contribution >= 0.6 is 0 Å². The summed E-state index contributed by atoms with van der Waals surface area (Å²) in [5.41, 5.74) is 5.29. The Morgan fingerprint density at radius 2 is 1.95 bits per heavy atom. The van der Waals surface area contributed by atoms with Gasteiger partial charge in [0.05, 0.1) is 12.7 Å². The van der Waals surface area contributed by atoms with E-state index in [1.165, 1.54) is 22.3 Å². The van der Waals surface area contributed by atoms with Crippen molar-refractivity contribution in [3.05, 3.63) is 52.8 Å². The van der Waals surface area contributed by atoms with Crippen LogP contribution in [0.1, 0.15) is 41.6 Å². The van der Waals surface area contributed by atoms with Crippen molar-refractivity contribution >= 4 is 0 Å². The van der Waals surface area contributed by atoms with Crippen LogP contribution < -0.4 is 5.32 Å². The number of hydrogen-bond donors (Lipinski definition) is 1. The number of aryl methyl sites for hydroxylation is 2. The van der Waals surface area contributed by atoms with Crippen LogP contribution in [0, 0.1) is 13.8 Å². The molecular weight excluding hydrogens is 234 g/mol. The van der Waals surface area contributed by atoms with Crippen molar-refractivity contribution in [1.29, 1.82) is 0 Å². The highest BCUT2D eigenvalue weighted by Crippen LogP contribution is 2.18. The van der Waals surface area contributed by atoms with Gasteiger partial charge in [-0.3, -0.25) is 4.68 Å². The van der Waals surface area contributed by atoms with Crippen molar-refractivity contribution in [2.75, 3.05) is 7.05 Å². The summed E-state index contributed by atoms with van der Waals surface area (Å²) >= 11 is 0. The molecule has 102 valence electrons. The highest BCUT2D eigenvalue weighted by atomic mass is 15.3. The Bertz CT molecular complexity index is 518. The first-order chi connectivity index (χ1) is 9.15. The predicted octanol–water partition coefficient (Wildman–Crippen LogP) is 3.22. The summed E-state index contributed by atoms with van der Waals surface area (Å²) in [6, 6.07) is 6.83. The van der Waals surface area contributed by atoms with Crippen molar-refractivity contribution < 1.29 is 0 Å². The Labute approximate surface area is 115 Å². The zero-order valence-corrected chi connectivity index (χ0v) is 12.3. The Morgan fingerprint density at radius 1 is 1.26 bits per heavy atom. The summed E-state index contributed by atoms with van der Waals surface area (Å²) in [5.74, 6) is 0. The van der Waals surface area contributed by atoms with Crippen LogP contribution in [0.4, 0.5) is 0 Å². The van der Waals surface area contributed by atoms with Gasteiger partial charge in [0.15, 0.2) is 0 Å². The Hall–Kier alpha value is -1.61. The Balaban J connectivity index is 2.20. The minimum absolute atomic E-state index is 0.395. The molecule has 0 aliphatic heterocycles. The molecule has 1 aromatic heterocycles. The normalized spacial score (nSPS) is 12.6. The first kappa shape index (κ1) is 13.8. The van der Waals surface area contributed by atoms with Crippen LogP contribution in [0.25, 0.3) is 0 Å². The average molecular weight is 257 g/mol. The van der Waals surface area contributed by atoms with Gasteiger partial charge in [0.1, 0.15) is 0 Å². The lowest BCUT2D eigenvalue weighted by molar-refractivity contribution is 0.575. The summed E-state index contributed by atoms with van der Waals surface area (Å²) < 4.78 is 2.03. The van der Waals surface area contributed by atoms with E-state index in [1.807, 2.05) is 17.9 Å². The molecular formula is C16H23N3. The molecule has 2 aromatic rings. The molecule has 2 rings (SSSR count). The molecule has 19 heavy (non-hydrogen) atoms. The second-order valence-corrected chi connectivity index (χ2v) is 5.09. The number of nitrogens with zero attached hydrogens (tertiary/aromatic N) is 2. The SMILES string of the molecule is CCC(NC)c1cnn(Cc2c(C)cccc2C)c1. The van der Waals surface area contributed by atoms with Crippen LogP contribution in [0.15, 0.2) is 30.6 Å². The lowest BCUT2D eigenvalue weighted by Gasteiger charge is -2.11. The summed E-state index contributed by atoms with van der Waals surface area (Å²) in [7, 11) is 2.00. The van der Waals surface area contributed by atoms with Gasteiger partial charge in [-0.25, -0.2) is 0 Å². The van der Waals surface area contributed by atoms with Crippen LogP contribution in [-0.4, -0.2) is 16.8 Å². The Kier molecular flexibility index (Phi) is 4.38. The van der Waals surface area contributed by atoms with Gasteiger partial charge in [0, 0.05) is 17.8 Å². The van der Waals surface area contributed by atoms with Gasteiger partial charge < -0.3 is 5.32 Å². The maximum Gasteiger partial charge on any atom is 0.0664 e. The molecule has 0 bridgehead atoms. The quantitative estimate of drug-likeness (QED) is 0.891. The smallest absolute Gasteiger partial charge is 0.0664 e. The van der Waals surface area contributed by atoms with Crippen LogP contribution in [0.5, 0.6) is 0 Å². The van der Waals surface area contributed by atoms with Gasteiger partial charge in [0.2, 0.25) is 0 Å². The van der Waals surface area contributed by atoms with Gasteiger partial charge in [-0.1, -0.05) is 25.1 Å². The fraction of sp³-hybridized carbons (Fsp3) is 0.438. The largest absolute Gasteiger partial charge is 0.313 e. The molecule has 1 atom stereocenters.